The lowest BCUT2D eigenvalue weighted by Crippen LogP contribution is -2.46. The van der Waals surface area contributed by atoms with Crippen LogP contribution in [-0.4, -0.2) is 23.1 Å². The third kappa shape index (κ3) is 3.81. The van der Waals surface area contributed by atoms with E-state index >= 15 is 0 Å². The minimum atomic E-state index is -0.0959. The van der Waals surface area contributed by atoms with Gasteiger partial charge < -0.3 is 4.74 Å². The van der Waals surface area contributed by atoms with Gasteiger partial charge in [-0.15, -0.1) is 6.58 Å². The number of rotatable bonds is 5. The lowest BCUT2D eigenvalue weighted by Gasteiger charge is -2.39. The average Bonchev–Trinajstić information content (AvgIpc) is 3.15. The highest BCUT2D eigenvalue weighted by atomic mass is 35.5. The first-order chi connectivity index (χ1) is 14.3. The summed E-state index contributed by atoms with van der Waals surface area (Å²) in [6.07, 6.45) is 3.88. The zero-order chi connectivity index (χ0) is 21.5. The SMILES string of the molecule is C=CC[C@@]1(C)C[C@H](c2cccc(Cl)c2)[C@@H](c2ccc(Cl)cc2)[N+]2=C1OC[C@@H]2C(C)C. The number of benzene rings is 2. The molecule has 4 heteroatoms. The molecule has 2 heterocycles. The Morgan fingerprint density at radius 1 is 1.13 bits per heavy atom. The second-order valence-electron chi connectivity index (χ2n) is 9.25. The smallest absolute Gasteiger partial charge is 0.343 e. The predicted molar refractivity (Wildman–Crippen MR) is 126 cm³/mol. The van der Waals surface area contributed by atoms with E-state index in [1.54, 1.807) is 0 Å². The number of ether oxygens (including phenoxy) is 1. The third-order valence-electron chi connectivity index (χ3n) is 6.70. The van der Waals surface area contributed by atoms with Gasteiger partial charge in [0.2, 0.25) is 0 Å². The molecule has 0 amide bonds. The molecule has 2 nitrogen and oxygen atoms in total. The van der Waals surface area contributed by atoms with Gasteiger partial charge in [0.15, 0.2) is 18.7 Å². The fraction of sp³-hybridized carbons (Fsp3) is 0.423. The third-order valence-corrected chi connectivity index (χ3v) is 7.19. The number of hydrogen-bond acceptors (Lipinski definition) is 1. The summed E-state index contributed by atoms with van der Waals surface area (Å²) in [6, 6.07) is 17.1. The van der Waals surface area contributed by atoms with Crippen LogP contribution in [0.2, 0.25) is 10.0 Å². The summed E-state index contributed by atoms with van der Waals surface area (Å²) in [7, 11) is 0. The number of allylic oxidation sites excluding steroid dienone is 1. The van der Waals surface area contributed by atoms with E-state index in [4.69, 9.17) is 27.9 Å². The minimum absolute atomic E-state index is 0.0959. The highest BCUT2D eigenvalue weighted by Gasteiger charge is 2.57. The van der Waals surface area contributed by atoms with Crippen LogP contribution in [0.25, 0.3) is 0 Å². The molecule has 30 heavy (non-hydrogen) atoms. The Bertz CT molecular complexity index is 965. The second kappa shape index (κ2) is 8.40. The number of hydrogen-bond donors (Lipinski definition) is 0. The van der Waals surface area contributed by atoms with Gasteiger partial charge in [-0.1, -0.05) is 67.4 Å². The summed E-state index contributed by atoms with van der Waals surface area (Å²) in [5, 5.41) is 1.54. The fourth-order valence-electron chi connectivity index (χ4n) is 5.26. The normalized spacial score (nSPS) is 28.4. The van der Waals surface area contributed by atoms with Gasteiger partial charge in [0, 0.05) is 21.5 Å². The maximum absolute atomic E-state index is 6.43. The Labute approximate surface area is 190 Å². The van der Waals surface area contributed by atoms with E-state index in [9.17, 15) is 0 Å². The van der Waals surface area contributed by atoms with Crippen LogP contribution >= 0.6 is 23.2 Å². The molecule has 4 atom stereocenters. The quantitative estimate of drug-likeness (QED) is 0.350. The minimum Gasteiger partial charge on any atom is -0.441 e. The largest absolute Gasteiger partial charge is 0.441 e. The van der Waals surface area contributed by atoms with Crippen LogP contribution in [-0.2, 0) is 4.74 Å². The van der Waals surface area contributed by atoms with Crippen molar-refractivity contribution in [2.24, 2.45) is 11.3 Å². The molecule has 0 unspecified atom stereocenters. The van der Waals surface area contributed by atoms with E-state index in [2.05, 4.69) is 62.3 Å². The van der Waals surface area contributed by atoms with Crippen molar-refractivity contribution in [2.45, 2.75) is 51.6 Å². The molecule has 2 aliphatic rings. The topological polar surface area (TPSA) is 12.2 Å². The first kappa shape index (κ1) is 21.5. The van der Waals surface area contributed by atoms with E-state index in [1.165, 1.54) is 11.1 Å². The average molecular weight is 443 g/mol. The molecule has 0 saturated carbocycles. The molecule has 0 radical (unpaired) electrons. The lowest BCUT2D eigenvalue weighted by molar-refractivity contribution is -0.616. The molecule has 2 aromatic carbocycles. The molecular formula is C26H30Cl2NO+. The van der Waals surface area contributed by atoms with Gasteiger partial charge in [-0.3, -0.25) is 0 Å². The van der Waals surface area contributed by atoms with Crippen molar-refractivity contribution in [1.29, 1.82) is 0 Å². The zero-order valence-electron chi connectivity index (χ0n) is 17.9. The molecule has 0 aliphatic carbocycles. The van der Waals surface area contributed by atoms with Gasteiger partial charge in [0.05, 0.1) is 11.3 Å². The van der Waals surface area contributed by atoms with Gasteiger partial charge >= 0.3 is 5.90 Å². The summed E-state index contributed by atoms with van der Waals surface area (Å²) < 4.78 is 8.99. The van der Waals surface area contributed by atoms with E-state index in [0.717, 1.165) is 35.4 Å². The standard InChI is InChI=1S/C26H30Cl2NO/c1-5-13-26(4)15-22(19-7-6-8-21(28)14-19)24(18-9-11-20(27)12-10-18)29-23(17(2)3)16-30-25(26)29/h5-12,14,17,22-24H,1,13,15-16H2,2-4H3/q+1/t22-,23-,24-,26+/m1/s1. The van der Waals surface area contributed by atoms with Crippen LogP contribution in [0.4, 0.5) is 0 Å². The van der Waals surface area contributed by atoms with Gasteiger partial charge in [0.25, 0.3) is 0 Å². The van der Waals surface area contributed by atoms with Crippen LogP contribution in [0.3, 0.4) is 0 Å². The fourth-order valence-corrected chi connectivity index (χ4v) is 5.58. The summed E-state index contributed by atoms with van der Waals surface area (Å²) >= 11 is 12.7. The van der Waals surface area contributed by atoms with Crippen LogP contribution < -0.4 is 0 Å². The van der Waals surface area contributed by atoms with Gasteiger partial charge in [0.1, 0.15) is 0 Å². The Kier molecular flexibility index (Phi) is 6.01. The van der Waals surface area contributed by atoms with E-state index in [1.807, 2.05) is 24.3 Å². The number of halogens is 2. The van der Waals surface area contributed by atoms with Crippen LogP contribution in [0.5, 0.6) is 0 Å². The van der Waals surface area contributed by atoms with Crippen molar-refractivity contribution < 1.29 is 9.31 Å². The summed E-state index contributed by atoms with van der Waals surface area (Å²) in [5.74, 6) is 1.87. The van der Waals surface area contributed by atoms with Crippen molar-refractivity contribution >= 4 is 29.1 Å². The van der Waals surface area contributed by atoms with E-state index < -0.39 is 0 Å². The first-order valence-corrected chi connectivity index (χ1v) is 11.5. The molecule has 0 bridgehead atoms. The Hall–Kier alpha value is -1.77. The molecular weight excluding hydrogens is 413 g/mol. The van der Waals surface area contributed by atoms with Crippen molar-refractivity contribution in [3.05, 3.63) is 82.4 Å². The Balaban J connectivity index is 1.94. The highest BCUT2D eigenvalue weighted by molar-refractivity contribution is 6.30. The van der Waals surface area contributed by atoms with Gasteiger partial charge in [-0.25, -0.2) is 0 Å². The van der Waals surface area contributed by atoms with Gasteiger partial charge in [-0.05, 0) is 49.6 Å². The summed E-state index contributed by atoms with van der Waals surface area (Å²) in [5.41, 5.74) is 2.44. The van der Waals surface area contributed by atoms with Crippen molar-refractivity contribution in [3.63, 3.8) is 0 Å². The molecule has 0 fully saturated rings. The molecule has 0 spiro atoms. The van der Waals surface area contributed by atoms with Crippen LogP contribution in [0.1, 0.15) is 56.7 Å². The van der Waals surface area contributed by atoms with Crippen LogP contribution in [0.15, 0.2) is 61.2 Å². The first-order valence-electron chi connectivity index (χ1n) is 10.7. The molecule has 4 rings (SSSR count). The zero-order valence-corrected chi connectivity index (χ0v) is 19.5. The monoisotopic (exact) mass is 442 g/mol. The molecule has 2 aliphatic heterocycles. The maximum Gasteiger partial charge on any atom is 0.343 e. The number of nitrogens with zero attached hydrogens (tertiary/aromatic N) is 1. The van der Waals surface area contributed by atoms with Crippen molar-refractivity contribution in [2.75, 3.05) is 6.61 Å². The summed E-state index contributed by atoms with van der Waals surface area (Å²) in [4.78, 5) is 0. The second-order valence-corrected chi connectivity index (χ2v) is 10.1. The van der Waals surface area contributed by atoms with Crippen LogP contribution in [0, 0.1) is 11.3 Å². The van der Waals surface area contributed by atoms with Crippen molar-refractivity contribution in [1.82, 2.24) is 0 Å². The molecule has 2 aromatic rings. The Morgan fingerprint density at radius 3 is 2.50 bits per heavy atom. The highest BCUT2D eigenvalue weighted by Crippen LogP contribution is 2.51. The lowest BCUT2D eigenvalue weighted by atomic mass is 9.69. The summed E-state index contributed by atoms with van der Waals surface area (Å²) in [6.45, 7) is 11.6. The Morgan fingerprint density at radius 2 is 1.87 bits per heavy atom. The molecule has 158 valence electrons. The molecule has 0 aromatic heterocycles. The molecule has 0 N–H and O–H groups in total. The van der Waals surface area contributed by atoms with Gasteiger partial charge in [-0.2, -0.15) is 4.58 Å². The van der Waals surface area contributed by atoms with E-state index in [0.29, 0.717) is 12.0 Å². The van der Waals surface area contributed by atoms with E-state index in [-0.39, 0.29) is 17.4 Å². The van der Waals surface area contributed by atoms with Crippen molar-refractivity contribution in [3.8, 4) is 0 Å². The molecule has 0 saturated heterocycles. The predicted octanol–water partition coefficient (Wildman–Crippen LogP) is 7.27. The maximum atomic E-state index is 6.43.